The molecule has 0 radical (unpaired) electrons. The van der Waals surface area contributed by atoms with E-state index in [1.165, 1.54) is 12.1 Å². The summed E-state index contributed by atoms with van der Waals surface area (Å²) in [6, 6.07) is 13.3. The number of fused-ring (bicyclic) bond motifs is 1. The fourth-order valence-corrected chi connectivity index (χ4v) is 2.06. The van der Waals surface area contributed by atoms with Crippen molar-refractivity contribution in [2.75, 3.05) is 5.32 Å². The first kappa shape index (κ1) is 12.3. The fourth-order valence-electron chi connectivity index (χ4n) is 2.06. The molecule has 4 heteroatoms. The van der Waals surface area contributed by atoms with Crippen molar-refractivity contribution in [2.24, 2.45) is 0 Å². The largest absolute Gasteiger partial charge is 0.321 e. The number of anilines is 1. The summed E-state index contributed by atoms with van der Waals surface area (Å²) in [4.78, 5) is 16.2. The van der Waals surface area contributed by atoms with Crippen LogP contribution in [0.4, 0.5) is 10.1 Å². The highest BCUT2D eigenvalue weighted by Crippen LogP contribution is 2.22. The molecule has 0 aliphatic rings. The fraction of sp³-hybridized carbons (Fsp3) is 0. The van der Waals surface area contributed by atoms with Gasteiger partial charge < -0.3 is 5.32 Å². The van der Waals surface area contributed by atoms with Gasteiger partial charge in [0.2, 0.25) is 0 Å². The van der Waals surface area contributed by atoms with Gasteiger partial charge in [0.05, 0.1) is 11.3 Å². The summed E-state index contributed by atoms with van der Waals surface area (Å²) < 4.78 is 13.6. The van der Waals surface area contributed by atoms with Gasteiger partial charge in [-0.3, -0.25) is 9.78 Å². The zero-order valence-corrected chi connectivity index (χ0v) is 10.5. The zero-order valence-electron chi connectivity index (χ0n) is 10.5. The number of hydrogen-bond acceptors (Lipinski definition) is 2. The van der Waals surface area contributed by atoms with Crippen LogP contribution >= 0.6 is 0 Å². The number of nitrogens with zero attached hydrogens (tertiary/aromatic N) is 1. The average Bonchev–Trinajstić information content (AvgIpc) is 2.48. The number of halogens is 1. The number of hydrogen-bond donors (Lipinski definition) is 1. The Hall–Kier alpha value is -2.75. The Morgan fingerprint density at radius 1 is 1.05 bits per heavy atom. The normalized spacial score (nSPS) is 10.4. The van der Waals surface area contributed by atoms with Gasteiger partial charge in [-0.15, -0.1) is 0 Å². The number of benzene rings is 2. The van der Waals surface area contributed by atoms with E-state index in [-0.39, 0.29) is 5.56 Å². The number of amides is 1. The SMILES string of the molecule is O=C(Nc1cccc2ccncc12)c1ccccc1F. The Bertz CT molecular complexity index is 781. The van der Waals surface area contributed by atoms with Crippen LogP contribution in [0.5, 0.6) is 0 Å². The van der Waals surface area contributed by atoms with E-state index in [1.807, 2.05) is 18.2 Å². The molecule has 0 aliphatic heterocycles. The average molecular weight is 266 g/mol. The molecule has 0 aliphatic carbocycles. The third-order valence-corrected chi connectivity index (χ3v) is 3.05. The minimum Gasteiger partial charge on any atom is -0.321 e. The van der Waals surface area contributed by atoms with Crippen LogP contribution in [0.15, 0.2) is 60.9 Å². The van der Waals surface area contributed by atoms with E-state index in [0.29, 0.717) is 5.69 Å². The summed E-state index contributed by atoms with van der Waals surface area (Å²) >= 11 is 0. The summed E-state index contributed by atoms with van der Waals surface area (Å²) in [5.41, 5.74) is 0.636. The molecule has 0 atom stereocenters. The lowest BCUT2D eigenvalue weighted by molar-refractivity contribution is 0.102. The first-order chi connectivity index (χ1) is 9.75. The monoisotopic (exact) mass is 266 g/mol. The molecule has 0 unspecified atom stereocenters. The standard InChI is InChI=1S/C16H11FN2O/c17-14-6-2-1-5-12(14)16(20)19-15-7-3-4-11-8-9-18-10-13(11)15/h1-10H,(H,19,20). The van der Waals surface area contributed by atoms with Crippen LogP contribution in [0, 0.1) is 5.82 Å². The number of rotatable bonds is 2. The summed E-state index contributed by atoms with van der Waals surface area (Å²) in [7, 11) is 0. The molecule has 3 rings (SSSR count). The third kappa shape index (κ3) is 2.23. The van der Waals surface area contributed by atoms with Gasteiger partial charge >= 0.3 is 0 Å². The van der Waals surface area contributed by atoms with E-state index < -0.39 is 11.7 Å². The second-order valence-corrected chi connectivity index (χ2v) is 4.34. The molecule has 1 amide bonds. The minimum atomic E-state index is -0.539. The molecule has 0 fully saturated rings. The Morgan fingerprint density at radius 2 is 1.90 bits per heavy atom. The Labute approximate surface area is 115 Å². The van der Waals surface area contributed by atoms with Crippen LogP contribution in [0.3, 0.4) is 0 Å². The van der Waals surface area contributed by atoms with Crippen molar-refractivity contribution in [3.63, 3.8) is 0 Å². The molecule has 0 spiro atoms. The number of carbonyl (C=O) groups is 1. The first-order valence-electron chi connectivity index (χ1n) is 6.14. The predicted octanol–water partition coefficient (Wildman–Crippen LogP) is 3.63. The maximum absolute atomic E-state index is 13.6. The maximum atomic E-state index is 13.6. The molecule has 3 aromatic rings. The van der Waals surface area contributed by atoms with E-state index in [1.54, 1.807) is 30.6 Å². The van der Waals surface area contributed by atoms with E-state index in [4.69, 9.17) is 0 Å². The summed E-state index contributed by atoms with van der Waals surface area (Å²) in [5, 5.41) is 4.51. The molecule has 20 heavy (non-hydrogen) atoms. The number of carbonyl (C=O) groups excluding carboxylic acids is 1. The van der Waals surface area contributed by atoms with E-state index >= 15 is 0 Å². The Balaban J connectivity index is 1.98. The van der Waals surface area contributed by atoms with Gasteiger partial charge in [0.15, 0.2) is 0 Å². The maximum Gasteiger partial charge on any atom is 0.258 e. The first-order valence-corrected chi connectivity index (χ1v) is 6.14. The second kappa shape index (κ2) is 5.09. The summed E-state index contributed by atoms with van der Waals surface area (Å²) in [6.45, 7) is 0. The third-order valence-electron chi connectivity index (χ3n) is 3.05. The molecule has 0 bridgehead atoms. The molecule has 2 aromatic carbocycles. The lowest BCUT2D eigenvalue weighted by Gasteiger charge is -2.08. The Morgan fingerprint density at radius 3 is 2.75 bits per heavy atom. The van der Waals surface area contributed by atoms with E-state index in [2.05, 4.69) is 10.3 Å². The van der Waals surface area contributed by atoms with Gasteiger partial charge in [-0.25, -0.2) is 4.39 Å². The van der Waals surface area contributed by atoms with Crippen LogP contribution < -0.4 is 5.32 Å². The number of aromatic nitrogens is 1. The molecule has 1 heterocycles. The molecular formula is C16H11FN2O. The highest BCUT2D eigenvalue weighted by Gasteiger charge is 2.12. The predicted molar refractivity (Wildman–Crippen MR) is 76.1 cm³/mol. The van der Waals surface area contributed by atoms with Gasteiger partial charge in [0.25, 0.3) is 5.91 Å². The quantitative estimate of drug-likeness (QED) is 0.769. The van der Waals surface area contributed by atoms with Crippen molar-refractivity contribution in [3.8, 4) is 0 Å². The van der Waals surface area contributed by atoms with Gasteiger partial charge in [-0.2, -0.15) is 0 Å². The second-order valence-electron chi connectivity index (χ2n) is 4.34. The summed E-state index contributed by atoms with van der Waals surface area (Å²) in [6.07, 6.45) is 3.36. The molecule has 0 saturated heterocycles. The molecule has 3 nitrogen and oxygen atoms in total. The van der Waals surface area contributed by atoms with E-state index in [9.17, 15) is 9.18 Å². The number of nitrogens with one attached hydrogen (secondary N) is 1. The topological polar surface area (TPSA) is 42.0 Å². The molecular weight excluding hydrogens is 255 g/mol. The van der Waals surface area contributed by atoms with Crippen LogP contribution in [0.1, 0.15) is 10.4 Å². The zero-order chi connectivity index (χ0) is 13.9. The van der Waals surface area contributed by atoms with Crippen LogP contribution in [0.2, 0.25) is 0 Å². The van der Waals surface area contributed by atoms with Crippen LogP contribution in [-0.4, -0.2) is 10.9 Å². The van der Waals surface area contributed by atoms with E-state index in [0.717, 1.165) is 10.8 Å². The van der Waals surface area contributed by atoms with Gasteiger partial charge in [0, 0.05) is 17.8 Å². The van der Waals surface area contributed by atoms with Gasteiger partial charge in [0.1, 0.15) is 5.82 Å². The lowest BCUT2D eigenvalue weighted by Crippen LogP contribution is -2.13. The molecule has 1 N–H and O–H groups in total. The highest BCUT2D eigenvalue weighted by atomic mass is 19.1. The smallest absolute Gasteiger partial charge is 0.258 e. The van der Waals surface area contributed by atoms with Crippen molar-refractivity contribution in [1.29, 1.82) is 0 Å². The van der Waals surface area contributed by atoms with Crippen molar-refractivity contribution >= 4 is 22.4 Å². The van der Waals surface area contributed by atoms with Crippen LogP contribution in [0.25, 0.3) is 10.8 Å². The van der Waals surface area contributed by atoms with Crippen molar-refractivity contribution in [1.82, 2.24) is 4.98 Å². The highest BCUT2D eigenvalue weighted by molar-refractivity contribution is 6.09. The molecule has 0 saturated carbocycles. The van der Waals surface area contributed by atoms with Crippen LogP contribution in [-0.2, 0) is 0 Å². The van der Waals surface area contributed by atoms with Crippen molar-refractivity contribution < 1.29 is 9.18 Å². The molecule has 1 aromatic heterocycles. The summed E-state index contributed by atoms with van der Waals surface area (Å²) in [5.74, 6) is -1.01. The Kier molecular flexibility index (Phi) is 3.13. The van der Waals surface area contributed by atoms with Crippen molar-refractivity contribution in [3.05, 3.63) is 72.3 Å². The lowest BCUT2D eigenvalue weighted by atomic mass is 10.1. The number of pyridine rings is 1. The molecule has 98 valence electrons. The van der Waals surface area contributed by atoms with Gasteiger partial charge in [-0.1, -0.05) is 24.3 Å². The minimum absolute atomic E-state index is 0.0217. The van der Waals surface area contributed by atoms with Crippen molar-refractivity contribution in [2.45, 2.75) is 0 Å². The van der Waals surface area contributed by atoms with Gasteiger partial charge in [-0.05, 0) is 29.7 Å².